The fraction of sp³-hybridized carbons (Fsp3) is 0.294. The number of pyridine rings is 1. The molecule has 0 bridgehead atoms. The number of benzene rings is 1. The van der Waals surface area contributed by atoms with Gasteiger partial charge in [0.2, 0.25) is 0 Å². The molecule has 0 fully saturated rings. The van der Waals surface area contributed by atoms with Crippen molar-refractivity contribution in [1.29, 1.82) is 0 Å². The topological polar surface area (TPSA) is 67.8 Å². The number of hydrogen-bond donors (Lipinski definition) is 2. The number of guanidine groups is 1. The van der Waals surface area contributed by atoms with E-state index in [9.17, 15) is 0 Å². The molecule has 0 saturated carbocycles. The van der Waals surface area contributed by atoms with Crippen LogP contribution in [0.5, 0.6) is 11.5 Å². The molecule has 0 amide bonds. The lowest BCUT2D eigenvalue weighted by Crippen LogP contribution is -2.36. The summed E-state index contributed by atoms with van der Waals surface area (Å²) in [5.74, 6) is 2.10. The van der Waals surface area contributed by atoms with Crippen LogP contribution in [-0.2, 0) is 13.1 Å². The van der Waals surface area contributed by atoms with Gasteiger partial charge in [-0.1, -0.05) is 23.7 Å². The van der Waals surface area contributed by atoms with E-state index in [2.05, 4.69) is 20.6 Å². The predicted molar refractivity (Wildman–Crippen MR) is 95.8 cm³/mol. The number of rotatable bonds is 6. The molecule has 0 aliphatic heterocycles. The van der Waals surface area contributed by atoms with Crippen LogP contribution >= 0.6 is 11.6 Å². The largest absolute Gasteiger partial charge is 0.493 e. The first kappa shape index (κ1) is 17.9. The second-order valence-electron chi connectivity index (χ2n) is 4.96. The fourth-order valence-corrected chi connectivity index (χ4v) is 2.21. The van der Waals surface area contributed by atoms with E-state index in [4.69, 9.17) is 21.1 Å². The number of ether oxygens (including phenoxy) is 2. The zero-order valence-corrected chi connectivity index (χ0v) is 14.7. The highest BCUT2D eigenvalue weighted by Crippen LogP contribution is 2.27. The molecule has 24 heavy (non-hydrogen) atoms. The Bertz CT molecular complexity index is 689. The Labute approximate surface area is 146 Å². The Morgan fingerprint density at radius 2 is 1.71 bits per heavy atom. The smallest absolute Gasteiger partial charge is 0.191 e. The first-order valence-corrected chi connectivity index (χ1v) is 7.80. The van der Waals surface area contributed by atoms with Crippen molar-refractivity contribution in [3.63, 3.8) is 0 Å². The number of nitrogens with one attached hydrogen (secondary N) is 2. The molecule has 1 aromatic carbocycles. The van der Waals surface area contributed by atoms with E-state index in [1.54, 1.807) is 33.5 Å². The van der Waals surface area contributed by atoms with Crippen LogP contribution in [0.25, 0.3) is 0 Å². The third-order valence-corrected chi connectivity index (χ3v) is 3.60. The minimum absolute atomic E-state index is 0.481. The number of hydrogen-bond acceptors (Lipinski definition) is 4. The summed E-state index contributed by atoms with van der Waals surface area (Å²) < 4.78 is 10.5. The second kappa shape index (κ2) is 8.98. The monoisotopic (exact) mass is 348 g/mol. The Kier molecular flexibility index (Phi) is 6.69. The summed E-state index contributed by atoms with van der Waals surface area (Å²) in [6.07, 6.45) is 1.73. The molecule has 0 unspecified atom stereocenters. The SMILES string of the molecule is CN=C(NCc1ccc(Cl)nc1)NCc1ccc(OC)c(OC)c1. The lowest BCUT2D eigenvalue weighted by molar-refractivity contribution is 0.354. The molecule has 7 heteroatoms. The summed E-state index contributed by atoms with van der Waals surface area (Å²) in [5.41, 5.74) is 2.08. The van der Waals surface area contributed by atoms with E-state index in [0.29, 0.717) is 35.7 Å². The van der Waals surface area contributed by atoms with Gasteiger partial charge in [0.05, 0.1) is 14.2 Å². The molecule has 2 N–H and O–H groups in total. The zero-order chi connectivity index (χ0) is 17.4. The molecule has 0 saturated heterocycles. The molecule has 128 valence electrons. The Balaban J connectivity index is 1.90. The van der Waals surface area contributed by atoms with Crippen LogP contribution in [0.3, 0.4) is 0 Å². The van der Waals surface area contributed by atoms with Gasteiger partial charge in [-0.25, -0.2) is 4.98 Å². The molecule has 0 radical (unpaired) electrons. The van der Waals surface area contributed by atoms with Gasteiger partial charge in [-0.05, 0) is 29.3 Å². The van der Waals surface area contributed by atoms with Gasteiger partial charge in [-0.2, -0.15) is 0 Å². The molecule has 0 spiro atoms. The highest BCUT2D eigenvalue weighted by Gasteiger charge is 2.05. The highest BCUT2D eigenvalue weighted by atomic mass is 35.5. The van der Waals surface area contributed by atoms with Gasteiger partial charge in [0, 0.05) is 26.3 Å². The summed E-state index contributed by atoms with van der Waals surface area (Å²) in [6, 6.07) is 9.47. The second-order valence-corrected chi connectivity index (χ2v) is 5.35. The van der Waals surface area contributed by atoms with Crippen molar-refractivity contribution in [2.24, 2.45) is 4.99 Å². The Morgan fingerprint density at radius 3 is 2.29 bits per heavy atom. The van der Waals surface area contributed by atoms with E-state index < -0.39 is 0 Å². The minimum Gasteiger partial charge on any atom is -0.493 e. The van der Waals surface area contributed by atoms with Gasteiger partial charge < -0.3 is 20.1 Å². The van der Waals surface area contributed by atoms with E-state index in [0.717, 1.165) is 11.1 Å². The van der Waals surface area contributed by atoms with Crippen molar-refractivity contribution in [3.05, 3.63) is 52.8 Å². The number of nitrogens with zero attached hydrogens (tertiary/aromatic N) is 2. The number of methoxy groups -OCH3 is 2. The first-order valence-electron chi connectivity index (χ1n) is 7.42. The maximum absolute atomic E-state index is 5.78. The van der Waals surface area contributed by atoms with Crippen molar-refractivity contribution < 1.29 is 9.47 Å². The third-order valence-electron chi connectivity index (χ3n) is 3.38. The molecule has 1 aromatic heterocycles. The van der Waals surface area contributed by atoms with Crippen molar-refractivity contribution in [1.82, 2.24) is 15.6 Å². The third kappa shape index (κ3) is 5.03. The van der Waals surface area contributed by atoms with E-state index in [1.807, 2.05) is 24.3 Å². The minimum atomic E-state index is 0.481. The van der Waals surface area contributed by atoms with Crippen LogP contribution < -0.4 is 20.1 Å². The van der Waals surface area contributed by atoms with Gasteiger partial charge in [-0.3, -0.25) is 4.99 Å². The van der Waals surface area contributed by atoms with Gasteiger partial charge in [0.25, 0.3) is 0 Å². The van der Waals surface area contributed by atoms with Crippen LogP contribution in [0.4, 0.5) is 0 Å². The van der Waals surface area contributed by atoms with Crippen LogP contribution in [0, 0.1) is 0 Å². The van der Waals surface area contributed by atoms with Gasteiger partial charge in [0.1, 0.15) is 5.15 Å². The summed E-state index contributed by atoms with van der Waals surface area (Å²) >= 11 is 5.78. The van der Waals surface area contributed by atoms with Crippen molar-refractivity contribution in [2.75, 3.05) is 21.3 Å². The first-order chi connectivity index (χ1) is 11.7. The van der Waals surface area contributed by atoms with Gasteiger partial charge in [-0.15, -0.1) is 0 Å². The summed E-state index contributed by atoms with van der Waals surface area (Å²) in [7, 11) is 4.97. The number of aromatic nitrogens is 1. The quantitative estimate of drug-likeness (QED) is 0.477. The molecule has 0 aliphatic rings. The maximum atomic E-state index is 5.78. The normalized spacial score (nSPS) is 11.1. The molecular formula is C17H21ClN4O2. The van der Waals surface area contributed by atoms with Crippen LogP contribution in [-0.4, -0.2) is 32.2 Å². The van der Waals surface area contributed by atoms with Crippen LogP contribution in [0.1, 0.15) is 11.1 Å². The van der Waals surface area contributed by atoms with E-state index in [1.165, 1.54) is 0 Å². The highest BCUT2D eigenvalue weighted by molar-refractivity contribution is 6.29. The standard InChI is InChI=1S/C17H21ClN4O2/c1-19-17(22-11-13-5-7-16(18)20-10-13)21-9-12-4-6-14(23-2)15(8-12)24-3/h4-8,10H,9,11H2,1-3H3,(H2,19,21,22). The van der Waals surface area contributed by atoms with Crippen molar-refractivity contribution in [2.45, 2.75) is 13.1 Å². The number of halogens is 1. The Morgan fingerprint density at radius 1 is 1.04 bits per heavy atom. The average molecular weight is 349 g/mol. The molecule has 2 rings (SSSR count). The van der Waals surface area contributed by atoms with E-state index in [-0.39, 0.29) is 0 Å². The van der Waals surface area contributed by atoms with Crippen LogP contribution in [0.15, 0.2) is 41.5 Å². The molecule has 0 atom stereocenters. The van der Waals surface area contributed by atoms with Crippen molar-refractivity contribution >= 4 is 17.6 Å². The van der Waals surface area contributed by atoms with Gasteiger partial charge >= 0.3 is 0 Å². The zero-order valence-electron chi connectivity index (χ0n) is 14.0. The molecule has 6 nitrogen and oxygen atoms in total. The number of aliphatic imine (C=N–C) groups is 1. The van der Waals surface area contributed by atoms with Crippen LogP contribution in [0.2, 0.25) is 5.15 Å². The Hall–Kier alpha value is -2.47. The molecule has 0 aliphatic carbocycles. The summed E-state index contributed by atoms with van der Waals surface area (Å²) in [5, 5.41) is 6.96. The van der Waals surface area contributed by atoms with E-state index >= 15 is 0 Å². The summed E-state index contributed by atoms with van der Waals surface area (Å²) in [4.78, 5) is 8.26. The van der Waals surface area contributed by atoms with Gasteiger partial charge in [0.15, 0.2) is 17.5 Å². The lowest BCUT2D eigenvalue weighted by atomic mass is 10.2. The summed E-state index contributed by atoms with van der Waals surface area (Å²) in [6.45, 7) is 1.22. The van der Waals surface area contributed by atoms with Crippen molar-refractivity contribution in [3.8, 4) is 11.5 Å². The fourth-order valence-electron chi connectivity index (χ4n) is 2.09. The lowest BCUT2D eigenvalue weighted by Gasteiger charge is -2.13. The predicted octanol–water partition coefficient (Wildman–Crippen LogP) is 2.62. The molecule has 2 aromatic rings. The average Bonchev–Trinajstić information content (AvgIpc) is 2.63. The maximum Gasteiger partial charge on any atom is 0.191 e. The molecule has 1 heterocycles. The molecular weight excluding hydrogens is 328 g/mol.